The molecule has 7 atom stereocenters. The van der Waals surface area contributed by atoms with E-state index in [2.05, 4.69) is 26.5 Å². The Morgan fingerprint density at radius 2 is 2.08 bits per heavy atom. The van der Waals surface area contributed by atoms with Crippen LogP contribution in [0.15, 0.2) is 12.2 Å². The molecule has 0 aromatic rings. The highest BCUT2D eigenvalue weighted by Crippen LogP contribution is 2.75. The fourth-order valence-corrected chi connectivity index (χ4v) is 7.33. The maximum absolute atomic E-state index is 12.1. The normalized spacial score (nSPS) is 45.6. The number of nitrogens with zero attached hydrogens (tertiary/aromatic N) is 1. The molecule has 0 aromatic heterocycles. The third-order valence-corrected chi connectivity index (χ3v) is 8.03. The van der Waals surface area contributed by atoms with Gasteiger partial charge in [0, 0.05) is 17.4 Å². The first-order chi connectivity index (χ1) is 11.3. The summed E-state index contributed by atoms with van der Waals surface area (Å²) >= 11 is 0. The van der Waals surface area contributed by atoms with Crippen molar-refractivity contribution in [1.82, 2.24) is 0 Å². The van der Waals surface area contributed by atoms with Gasteiger partial charge in [0.1, 0.15) is 5.60 Å². The van der Waals surface area contributed by atoms with Crippen molar-refractivity contribution < 1.29 is 9.53 Å². The van der Waals surface area contributed by atoms with Gasteiger partial charge in [0.2, 0.25) is 0 Å². The number of hydrogen-bond acceptors (Lipinski definition) is 3. The lowest BCUT2D eigenvalue weighted by atomic mass is 9.54. The van der Waals surface area contributed by atoms with E-state index in [4.69, 9.17) is 4.74 Å². The molecule has 3 heteroatoms. The third kappa shape index (κ3) is 2.04. The SMILES string of the molecule is C=C(C)C(=O)OC(C)(C)C1CC2CC1C1C3CCC21CC(C#N)C3. The summed E-state index contributed by atoms with van der Waals surface area (Å²) in [5.41, 5.74) is 0.513. The van der Waals surface area contributed by atoms with Crippen molar-refractivity contribution in [3.63, 3.8) is 0 Å². The maximum atomic E-state index is 12.1. The molecule has 0 amide bonds. The summed E-state index contributed by atoms with van der Waals surface area (Å²) in [5, 5.41) is 9.46. The molecule has 4 aliphatic carbocycles. The van der Waals surface area contributed by atoms with Gasteiger partial charge in [-0.15, -0.1) is 0 Å². The van der Waals surface area contributed by atoms with Crippen LogP contribution in [0, 0.1) is 52.3 Å². The van der Waals surface area contributed by atoms with Gasteiger partial charge in [0.15, 0.2) is 0 Å². The molecule has 7 unspecified atom stereocenters. The lowest BCUT2D eigenvalue weighted by Gasteiger charge is -2.51. The average molecular weight is 327 g/mol. The first-order valence-corrected chi connectivity index (χ1v) is 9.57. The Morgan fingerprint density at radius 3 is 2.75 bits per heavy atom. The quantitative estimate of drug-likeness (QED) is 0.567. The van der Waals surface area contributed by atoms with Crippen molar-refractivity contribution in [3.05, 3.63) is 12.2 Å². The second-order valence-electron chi connectivity index (χ2n) is 9.54. The van der Waals surface area contributed by atoms with E-state index in [0.29, 0.717) is 22.8 Å². The van der Waals surface area contributed by atoms with E-state index in [1.165, 1.54) is 25.7 Å². The predicted octanol–water partition coefficient (Wildman–Crippen LogP) is 4.49. The first kappa shape index (κ1) is 16.2. The van der Waals surface area contributed by atoms with Crippen LogP contribution in [0.2, 0.25) is 0 Å². The zero-order chi connectivity index (χ0) is 17.3. The van der Waals surface area contributed by atoms with Crippen molar-refractivity contribution in [2.75, 3.05) is 0 Å². The van der Waals surface area contributed by atoms with Gasteiger partial charge in [-0.2, -0.15) is 5.26 Å². The Kier molecular flexibility index (Phi) is 3.44. The van der Waals surface area contributed by atoms with Crippen LogP contribution >= 0.6 is 0 Å². The summed E-state index contributed by atoms with van der Waals surface area (Å²) in [7, 11) is 0. The molecule has 0 spiro atoms. The minimum absolute atomic E-state index is 0.256. The fourth-order valence-electron chi connectivity index (χ4n) is 7.33. The lowest BCUT2D eigenvalue weighted by molar-refractivity contribution is -0.162. The van der Waals surface area contributed by atoms with Crippen LogP contribution in [0.3, 0.4) is 0 Å². The zero-order valence-electron chi connectivity index (χ0n) is 15.2. The van der Waals surface area contributed by atoms with Gasteiger partial charge in [-0.3, -0.25) is 0 Å². The van der Waals surface area contributed by atoms with Crippen molar-refractivity contribution >= 4 is 5.97 Å². The number of rotatable bonds is 3. The molecule has 3 nitrogen and oxygen atoms in total. The summed E-state index contributed by atoms with van der Waals surface area (Å²) < 4.78 is 5.86. The van der Waals surface area contributed by atoms with Gasteiger partial charge in [-0.1, -0.05) is 6.58 Å². The highest BCUT2D eigenvalue weighted by atomic mass is 16.6. The van der Waals surface area contributed by atoms with Crippen molar-refractivity contribution in [2.45, 2.75) is 64.9 Å². The van der Waals surface area contributed by atoms with Crippen LogP contribution in [0.1, 0.15) is 59.3 Å². The molecule has 4 rings (SSSR count). The smallest absolute Gasteiger partial charge is 0.333 e. The number of hydrogen-bond donors (Lipinski definition) is 0. The van der Waals surface area contributed by atoms with E-state index in [1.807, 2.05) is 0 Å². The third-order valence-electron chi connectivity index (χ3n) is 8.03. The van der Waals surface area contributed by atoms with E-state index in [-0.39, 0.29) is 11.9 Å². The molecule has 0 aliphatic heterocycles. The Bertz CT molecular complexity index is 630. The molecule has 4 aliphatic rings. The van der Waals surface area contributed by atoms with E-state index in [9.17, 15) is 10.1 Å². The predicted molar refractivity (Wildman–Crippen MR) is 91.7 cm³/mol. The maximum Gasteiger partial charge on any atom is 0.333 e. The number of carbonyl (C=O) groups excluding carboxylic acids is 1. The summed E-state index contributed by atoms with van der Waals surface area (Å²) in [6.45, 7) is 9.63. The second-order valence-corrected chi connectivity index (χ2v) is 9.54. The number of ether oxygens (including phenoxy) is 1. The van der Waals surface area contributed by atoms with E-state index in [0.717, 1.165) is 30.6 Å². The van der Waals surface area contributed by atoms with Gasteiger partial charge in [-0.05, 0) is 88.4 Å². The van der Waals surface area contributed by atoms with Crippen LogP contribution in [0.4, 0.5) is 0 Å². The molecule has 0 aromatic carbocycles. The second kappa shape index (κ2) is 5.10. The minimum Gasteiger partial charge on any atom is -0.456 e. The van der Waals surface area contributed by atoms with Crippen LogP contribution in [-0.4, -0.2) is 11.6 Å². The highest BCUT2D eigenvalue weighted by Gasteiger charge is 2.69. The van der Waals surface area contributed by atoms with Gasteiger partial charge < -0.3 is 4.74 Å². The van der Waals surface area contributed by atoms with Crippen molar-refractivity contribution in [3.8, 4) is 6.07 Å². The standard InChI is InChI=1S/C21H29NO2/c1-12(2)19(23)24-20(3,4)17-9-15-8-16(17)18-14-5-6-21(15,18)10-13(7-14)11-22/h13-18H,1,5-10H2,2-4H3. The number of fused-ring (bicyclic) bond motifs is 2. The first-order valence-electron chi connectivity index (χ1n) is 9.57. The van der Waals surface area contributed by atoms with Gasteiger partial charge >= 0.3 is 5.97 Å². The van der Waals surface area contributed by atoms with Gasteiger partial charge in [-0.25, -0.2) is 4.79 Å². The summed E-state index contributed by atoms with van der Waals surface area (Å²) in [5.74, 6) is 3.40. The van der Waals surface area contributed by atoms with Crippen LogP contribution in [0.5, 0.6) is 0 Å². The average Bonchev–Trinajstić information content (AvgIpc) is 3.15. The van der Waals surface area contributed by atoms with Gasteiger partial charge in [0.25, 0.3) is 0 Å². The Morgan fingerprint density at radius 1 is 1.33 bits per heavy atom. The summed E-state index contributed by atoms with van der Waals surface area (Å²) in [6, 6.07) is 2.57. The molecule has 4 bridgehead atoms. The minimum atomic E-state index is -0.414. The molecule has 0 heterocycles. The van der Waals surface area contributed by atoms with E-state index in [1.54, 1.807) is 6.92 Å². The number of esters is 1. The van der Waals surface area contributed by atoms with Gasteiger partial charge in [0.05, 0.1) is 6.07 Å². The highest BCUT2D eigenvalue weighted by molar-refractivity contribution is 5.87. The molecule has 0 N–H and O–H groups in total. The Balaban J connectivity index is 1.58. The van der Waals surface area contributed by atoms with Crippen LogP contribution < -0.4 is 0 Å². The Labute approximate surface area is 145 Å². The van der Waals surface area contributed by atoms with Crippen molar-refractivity contribution in [2.24, 2.45) is 40.9 Å². The van der Waals surface area contributed by atoms with Crippen LogP contribution in [-0.2, 0) is 9.53 Å². The van der Waals surface area contributed by atoms with Crippen LogP contribution in [0.25, 0.3) is 0 Å². The molecule has 0 saturated heterocycles. The number of nitriles is 1. The van der Waals surface area contributed by atoms with E-state index < -0.39 is 5.60 Å². The number of carbonyl (C=O) groups is 1. The monoisotopic (exact) mass is 327 g/mol. The Hall–Kier alpha value is -1.30. The molecule has 130 valence electrons. The molecule has 0 radical (unpaired) electrons. The molecule has 4 fully saturated rings. The topological polar surface area (TPSA) is 50.1 Å². The van der Waals surface area contributed by atoms with E-state index >= 15 is 0 Å². The lowest BCUT2D eigenvalue weighted by Crippen LogP contribution is -2.49. The molecule has 24 heavy (non-hydrogen) atoms. The summed E-state index contributed by atoms with van der Waals surface area (Å²) in [4.78, 5) is 12.1. The largest absolute Gasteiger partial charge is 0.456 e. The van der Waals surface area contributed by atoms with Crippen molar-refractivity contribution in [1.29, 1.82) is 5.26 Å². The summed E-state index contributed by atoms with van der Waals surface area (Å²) in [6.07, 6.45) is 7.34. The molecular weight excluding hydrogens is 298 g/mol. The fraction of sp³-hybridized carbons (Fsp3) is 0.810. The molecule has 4 saturated carbocycles. The zero-order valence-corrected chi connectivity index (χ0v) is 15.2. The molecular formula is C21H29NO2.